The predicted molar refractivity (Wildman–Crippen MR) is 280 cm³/mol. The van der Waals surface area contributed by atoms with E-state index in [0.29, 0.717) is 74.9 Å². The van der Waals surface area contributed by atoms with E-state index >= 15 is 0 Å². The molecular weight excluding hydrogens is 974 g/mol. The third-order valence-electron chi connectivity index (χ3n) is 12.2. The molecule has 5 N–H and O–H groups in total. The maximum Gasteiger partial charge on any atom is 1.00 e. The van der Waals surface area contributed by atoms with Crippen LogP contribution in [0.25, 0.3) is 93.7 Å². The molecule has 19 nitrogen and oxygen atoms in total. The molecule has 22 heteroatoms. The van der Waals surface area contributed by atoms with Crippen molar-refractivity contribution in [2.75, 3.05) is 26.8 Å². The number of rotatable bonds is 7. The number of azide groups is 1. The van der Waals surface area contributed by atoms with Crippen molar-refractivity contribution in [2.24, 2.45) is 10.8 Å². The first-order valence-corrected chi connectivity index (χ1v) is 23.4. The van der Waals surface area contributed by atoms with Gasteiger partial charge in [-0.05, 0) is 58.6 Å². The summed E-state index contributed by atoms with van der Waals surface area (Å²) in [5.41, 5.74) is 41.0. The molecule has 12 rings (SSSR count). The normalized spacial score (nSPS) is 13.0. The average molecular weight is 1020 g/mol. The smallest absolute Gasteiger partial charge is 0.373 e. The summed E-state index contributed by atoms with van der Waals surface area (Å²) in [7, 11) is -1.00. The number of aromatic nitrogens is 6. The summed E-state index contributed by atoms with van der Waals surface area (Å²) < 4.78 is 21.8. The second-order valence-corrected chi connectivity index (χ2v) is 16.7. The predicted octanol–water partition coefficient (Wildman–Crippen LogP) is 6.80. The first kappa shape index (κ1) is 52.3. The van der Waals surface area contributed by atoms with Crippen molar-refractivity contribution in [3.05, 3.63) is 187 Å². The Bertz CT molecular complexity index is 3450. The van der Waals surface area contributed by atoms with Crippen LogP contribution >= 0.6 is 11.6 Å². The number of carbonyl (C=O) groups excluding carboxylic acids is 3. The minimum Gasteiger partial charge on any atom is -0.373 e. The first-order chi connectivity index (χ1) is 36.2. The number of carbonyl (C=O) groups is 3. The van der Waals surface area contributed by atoms with E-state index in [1.807, 2.05) is 127 Å². The Hall–Kier alpha value is -8.06. The van der Waals surface area contributed by atoms with Crippen LogP contribution in [0.1, 0.15) is 49.1 Å². The van der Waals surface area contributed by atoms with Crippen molar-refractivity contribution in [3.8, 4) is 34.2 Å². The van der Waals surface area contributed by atoms with Gasteiger partial charge in [-0.2, -0.15) is 0 Å². The summed E-state index contributed by atoms with van der Waals surface area (Å²) in [6, 6.07) is 40.9. The van der Waals surface area contributed by atoms with Crippen LogP contribution in [-0.2, 0) is 38.6 Å². The van der Waals surface area contributed by atoms with Gasteiger partial charge >= 0.3 is 29.6 Å². The van der Waals surface area contributed by atoms with Gasteiger partial charge in [0.2, 0.25) is 0 Å². The third-order valence-corrected chi connectivity index (χ3v) is 12.5. The molecule has 0 radical (unpaired) electrons. The van der Waals surface area contributed by atoms with Crippen molar-refractivity contribution in [1.82, 2.24) is 44.6 Å². The van der Waals surface area contributed by atoms with Crippen LogP contribution in [0.5, 0.6) is 0 Å². The molecule has 3 aliphatic heterocycles. The summed E-state index contributed by atoms with van der Waals surface area (Å²) in [5, 5.41) is 12.3. The molecule has 0 saturated carbocycles. The summed E-state index contributed by atoms with van der Waals surface area (Å²) in [4.78, 5) is 55.0. The quantitative estimate of drug-likeness (QED) is 0.0435. The number of halogens is 2. The molecule has 3 amide bonds. The Labute approximate surface area is 451 Å². The van der Waals surface area contributed by atoms with E-state index in [-0.39, 0.29) is 47.3 Å². The summed E-state index contributed by atoms with van der Waals surface area (Å²) in [6.07, 6.45) is 0. The van der Waals surface area contributed by atoms with Crippen molar-refractivity contribution in [3.63, 3.8) is 0 Å². The van der Waals surface area contributed by atoms with Crippen molar-refractivity contribution < 1.29 is 49.7 Å². The van der Waals surface area contributed by atoms with Crippen LogP contribution in [0, 0.1) is 0 Å². The Morgan fingerprint density at radius 3 is 1.23 bits per heavy atom. The summed E-state index contributed by atoms with van der Waals surface area (Å²) >= 11 is 5.85. The van der Waals surface area contributed by atoms with Gasteiger partial charge in [0.1, 0.15) is 17.5 Å². The molecular formula is C52H47ClFN16NaO3. The number of nitrogens with one attached hydrogen (secondary N) is 3. The Balaban J connectivity index is 0.000000155. The molecule has 6 heterocycles. The zero-order valence-corrected chi connectivity index (χ0v) is 42.9. The maximum absolute atomic E-state index is 12.2. The second kappa shape index (κ2) is 25.1. The average Bonchev–Trinajstić information content (AvgIpc) is 4.01. The van der Waals surface area contributed by atoms with Gasteiger partial charge in [-0.25, -0.2) is 15.0 Å². The van der Waals surface area contributed by atoms with Gasteiger partial charge in [-0.3, -0.25) is 23.7 Å². The van der Waals surface area contributed by atoms with E-state index in [1.54, 1.807) is 0 Å². The van der Waals surface area contributed by atoms with Gasteiger partial charge in [-0.1, -0.05) is 96.1 Å². The number of benzene rings is 6. The zero-order chi connectivity index (χ0) is 52.1. The van der Waals surface area contributed by atoms with Crippen LogP contribution in [0.2, 0.25) is 0 Å². The molecule has 0 bridgehead atoms. The molecule has 0 saturated heterocycles. The number of amides is 3. The van der Waals surface area contributed by atoms with E-state index in [4.69, 9.17) is 50.3 Å². The Morgan fingerprint density at radius 1 is 0.595 bits per heavy atom. The molecule has 0 fully saturated rings. The van der Waals surface area contributed by atoms with Gasteiger partial charge in [0.15, 0.2) is 0 Å². The van der Waals surface area contributed by atoms with E-state index in [2.05, 4.69) is 39.7 Å². The van der Waals surface area contributed by atoms with E-state index in [9.17, 15) is 18.8 Å². The van der Waals surface area contributed by atoms with Crippen LogP contribution in [-0.4, -0.2) is 73.2 Å². The number of imidazole rings is 3. The zero-order valence-electron chi connectivity index (χ0n) is 41.1. The fourth-order valence-electron chi connectivity index (χ4n) is 8.96. The number of hydrogen-bond donors (Lipinski definition) is 4. The minimum absolute atomic E-state index is 0. The number of nitrogens with zero attached hydrogens (tertiary/aromatic N) is 12. The second-order valence-electron chi connectivity index (χ2n) is 16.5. The molecule has 9 aromatic rings. The van der Waals surface area contributed by atoms with Gasteiger partial charge < -0.3 is 46.4 Å². The summed E-state index contributed by atoms with van der Waals surface area (Å²) in [6.45, 7) is 4.74. The Morgan fingerprint density at radius 2 is 0.919 bits per heavy atom. The minimum atomic E-state index is -1.00. The van der Waals surface area contributed by atoms with Crippen LogP contribution in [0.3, 0.4) is 0 Å². The van der Waals surface area contributed by atoms with Gasteiger partial charge in [0.05, 0.1) is 64.9 Å². The molecule has 0 spiro atoms. The van der Waals surface area contributed by atoms with Crippen LogP contribution in [0.4, 0.5) is 4.39 Å². The molecule has 0 atom stereocenters. The van der Waals surface area contributed by atoms with Crippen molar-refractivity contribution >= 4 is 62.4 Å². The number of hydrogen-bond acceptors (Lipinski definition) is 8. The van der Waals surface area contributed by atoms with Crippen LogP contribution in [0.15, 0.2) is 133 Å². The standard InChI is InChI=1S/C17H14ClN3O.C17H14N6O.C17H16N4O.CH3F.N3.Na/c18-10-11-4-6-12(7-5-11)16-20-14-3-1-2-13-15(14)21(16)9-8-19-17(13)22;18-22-20-10-11-4-6-12(7-5-11)16-21-14-3-1-2-13-15(14)23(16)9-8-19-17(13)24;18-10-11-4-6-12(7-5-11)16-20-14-3-1-2-13-15(14)21(16)9-8-19-17(13)22;1-2;1-3-2;/h1-7H,8-10H2,(H,19,22);1-7H,8-10H2,(H,19,24);1-7H,8-10,18H2,(H,19,22);1H3;;/q;;;;-1;+1/i;;;1D;;. The van der Waals surface area contributed by atoms with Gasteiger partial charge in [0.25, 0.3) is 17.7 Å². The molecule has 3 aliphatic rings. The monoisotopic (exact) mass is 1020 g/mol. The van der Waals surface area contributed by atoms with E-state index in [0.717, 1.165) is 84.0 Å². The van der Waals surface area contributed by atoms with Crippen molar-refractivity contribution in [1.29, 1.82) is 0 Å². The van der Waals surface area contributed by atoms with E-state index in [1.165, 1.54) is 4.91 Å². The number of nitrogens with two attached hydrogens (primary N) is 1. The van der Waals surface area contributed by atoms with Gasteiger partial charge in [-0.15, -0.1) is 11.6 Å². The van der Waals surface area contributed by atoms with Gasteiger partial charge in [0, 0.05) is 73.3 Å². The molecule has 0 unspecified atom stereocenters. The van der Waals surface area contributed by atoms with Crippen LogP contribution < -0.4 is 51.2 Å². The SMILES string of the molecule is NCc1ccc(-c2nc3cccc4c3n2CCNC4=O)cc1.O=C1NCCn2c(-c3ccc(CCl)cc3)nc3cccc1c32.[2H]CF.[N-]=[N+]=NCc1ccc(-c2nc3cccc4c3n2CCNC4=O)cc1.[N-]=[N+]=[N-].[Na+]. The number of alkyl halides is 2. The molecule has 74 heavy (non-hydrogen) atoms. The van der Waals surface area contributed by atoms with E-state index < -0.39 is 7.15 Å². The maximum atomic E-state index is 12.2. The first-order valence-electron chi connectivity index (χ1n) is 23.6. The third kappa shape index (κ3) is 11.3. The summed E-state index contributed by atoms with van der Waals surface area (Å²) in [5.74, 6) is 2.99. The topological polar surface area (TPSA) is 274 Å². The largest absolute Gasteiger partial charge is 1.00 e. The fraction of sp³-hybridized carbons (Fsp3) is 0.192. The molecule has 368 valence electrons. The number of para-hydroxylation sites is 3. The molecule has 3 aromatic heterocycles. The Kier molecular flexibility index (Phi) is 17.7. The van der Waals surface area contributed by atoms with Crippen molar-refractivity contribution in [2.45, 2.75) is 38.6 Å². The molecule has 0 aliphatic carbocycles. The molecule has 6 aromatic carbocycles. The fourth-order valence-corrected chi connectivity index (χ4v) is 9.13.